The molecule has 236 valence electrons. The van der Waals surface area contributed by atoms with E-state index in [1.165, 1.54) is 24.5 Å². The Morgan fingerprint density at radius 3 is 2.67 bits per heavy atom. The smallest absolute Gasteiger partial charge is 0.306 e. The van der Waals surface area contributed by atoms with Crippen LogP contribution in [0.2, 0.25) is 5.02 Å². The minimum atomic E-state index is -0.677. The van der Waals surface area contributed by atoms with Gasteiger partial charge < -0.3 is 25.4 Å². The molecule has 2 saturated heterocycles. The molecular formula is C32H34ClFN6O5. The van der Waals surface area contributed by atoms with E-state index in [-0.39, 0.29) is 35.3 Å². The van der Waals surface area contributed by atoms with E-state index in [1.807, 2.05) is 6.08 Å². The number of aromatic nitrogens is 2. The highest BCUT2D eigenvalue weighted by atomic mass is 35.5. The summed E-state index contributed by atoms with van der Waals surface area (Å²) in [5, 5.41) is 9.72. The van der Waals surface area contributed by atoms with Crippen molar-refractivity contribution in [1.29, 1.82) is 0 Å². The van der Waals surface area contributed by atoms with Gasteiger partial charge in [-0.3, -0.25) is 19.3 Å². The van der Waals surface area contributed by atoms with E-state index in [1.54, 1.807) is 18.2 Å². The number of rotatable bonds is 11. The van der Waals surface area contributed by atoms with Gasteiger partial charge in [-0.25, -0.2) is 14.4 Å². The van der Waals surface area contributed by atoms with E-state index < -0.39 is 11.9 Å². The monoisotopic (exact) mass is 636 g/mol. The number of likely N-dealkylation sites (tertiary alicyclic amines) is 1. The number of nitrogens with zero attached hydrogens (tertiary/aromatic N) is 3. The van der Waals surface area contributed by atoms with Gasteiger partial charge in [0.25, 0.3) is 5.91 Å². The molecule has 2 amide bonds. The van der Waals surface area contributed by atoms with Crippen molar-refractivity contribution in [1.82, 2.24) is 20.2 Å². The van der Waals surface area contributed by atoms with Crippen LogP contribution in [0.25, 0.3) is 10.9 Å². The first-order valence-electron chi connectivity index (χ1n) is 15.1. The number of nitrogens with one attached hydrogen (secondary N) is 3. The third kappa shape index (κ3) is 8.06. The van der Waals surface area contributed by atoms with Crippen LogP contribution in [-0.4, -0.2) is 71.0 Å². The highest BCUT2D eigenvalue weighted by Gasteiger charge is 2.31. The van der Waals surface area contributed by atoms with E-state index in [0.29, 0.717) is 59.3 Å². The van der Waals surface area contributed by atoms with Crippen molar-refractivity contribution in [2.45, 2.75) is 50.7 Å². The minimum Gasteiger partial charge on any atom is -0.491 e. The number of hydrogen-bond acceptors (Lipinski definition) is 9. The van der Waals surface area contributed by atoms with Gasteiger partial charge >= 0.3 is 5.97 Å². The first-order chi connectivity index (χ1) is 21.8. The molecule has 3 N–H and O–H groups in total. The largest absolute Gasteiger partial charge is 0.491 e. The maximum absolute atomic E-state index is 13.7. The van der Waals surface area contributed by atoms with Gasteiger partial charge in [-0.05, 0) is 55.9 Å². The fourth-order valence-corrected chi connectivity index (χ4v) is 5.53. The molecule has 11 nitrogen and oxygen atoms in total. The van der Waals surface area contributed by atoms with Crippen molar-refractivity contribution < 1.29 is 28.2 Å². The molecule has 3 heterocycles. The molecule has 45 heavy (non-hydrogen) atoms. The number of amides is 2. The number of carbonyl (C=O) groups is 3. The van der Waals surface area contributed by atoms with Crippen molar-refractivity contribution in [3.8, 4) is 5.75 Å². The molecule has 1 aromatic heterocycles. The quantitative estimate of drug-likeness (QED) is 0.202. The molecule has 1 saturated carbocycles. The predicted molar refractivity (Wildman–Crippen MR) is 167 cm³/mol. The fraction of sp³-hybridized carbons (Fsp3) is 0.406. The van der Waals surface area contributed by atoms with Gasteiger partial charge in [0.2, 0.25) is 5.91 Å². The second-order valence-electron chi connectivity index (χ2n) is 11.6. The van der Waals surface area contributed by atoms with E-state index in [0.717, 1.165) is 38.8 Å². The second-order valence-corrected chi connectivity index (χ2v) is 12.0. The van der Waals surface area contributed by atoms with Crippen LogP contribution >= 0.6 is 11.6 Å². The number of hydrogen-bond donors (Lipinski definition) is 3. The zero-order valence-corrected chi connectivity index (χ0v) is 25.3. The Morgan fingerprint density at radius 2 is 1.93 bits per heavy atom. The summed E-state index contributed by atoms with van der Waals surface area (Å²) >= 11 is 5.96. The van der Waals surface area contributed by atoms with Crippen molar-refractivity contribution >= 4 is 57.5 Å². The lowest BCUT2D eigenvalue weighted by molar-refractivity contribution is -0.148. The summed E-state index contributed by atoms with van der Waals surface area (Å²) in [7, 11) is 0. The molecule has 1 unspecified atom stereocenters. The first kappa shape index (κ1) is 30.7. The molecule has 13 heteroatoms. The molecule has 3 aliphatic rings. The van der Waals surface area contributed by atoms with Crippen LogP contribution in [0.4, 0.5) is 21.6 Å². The van der Waals surface area contributed by atoms with Gasteiger partial charge in [-0.2, -0.15) is 0 Å². The molecule has 1 atom stereocenters. The first-order valence-corrected chi connectivity index (χ1v) is 15.5. The van der Waals surface area contributed by atoms with Crippen molar-refractivity contribution in [2.24, 2.45) is 5.92 Å². The lowest BCUT2D eigenvalue weighted by Gasteiger charge is -2.32. The molecule has 1 aliphatic carbocycles. The van der Waals surface area contributed by atoms with Crippen LogP contribution < -0.4 is 20.7 Å². The lowest BCUT2D eigenvalue weighted by atomic mass is 10.0. The molecule has 3 aromatic rings. The Bertz CT molecular complexity index is 1630. The van der Waals surface area contributed by atoms with E-state index in [2.05, 4.69) is 30.8 Å². The van der Waals surface area contributed by atoms with Crippen LogP contribution in [0.15, 0.2) is 48.8 Å². The van der Waals surface area contributed by atoms with Crippen LogP contribution in [-0.2, 0) is 19.1 Å². The number of anilines is 3. The Kier molecular flexibility index (Phi) is 9.41. The molecule has 0 radical (unpaired) electrons. The molecule has 6 rings (SSSR count). The summed E-state index contributed by atoms with van der Waals surface area (Å²) in [6, 6.07) is 7.88. The van der Waals surface area contributed by atoms with Gasteiger partial charge in [0.1, 0.15) is 23.7 Å². The second kappa shape index (κ2) is 13.8. The highest BCUT2D eigenvalue weighted by molar-refractivity contribution is 6.31. The number of piperidine rings is 1. The highest BCUT2D eigenvalue weighted by Crippen LogP contribution is 2.36. The summed E-state index contributed by atoms with van der Waals surface area (Å²) in [5.41, 5.74) is 1.65. The van der Waals surface area contributed by atoms with Gasteiger partial charge in [0.15, 0.2) is 6.10 Å². The summed E-state index contributed by atoms with van der Waals surface area (Å²) in [6.45, 7) is 2.66. The fourth-order valence-electron chi connectivity index (χ4n) is 5.35. The van der Waals surface area contributed by atoms with Crippen LogP contribution in [0.3, 0.4) is 0 Å². The third-order valence-electron chi connectivity index (χ3n) is 8.09. The zero-order chi connectivity index (χ0) is 31.3. The van der Waals surface area contributed by atoms with E-state index in [9.17, 15) is 18.8 Å². The van der Waals surface area contributed by atoms with Crippen LogP contribution in [0, 0.1) is 11.7 Å². The summed E-state index contributed by atoms with van der Waals surface area (Å²) in [4.78, 5) is 47.6. The Labute approximate surface area is 264 Å². The zero-order valence-electron chi connectivity index (χ0n) is 24.6. The van der Waals surface area contributed by atoms with Crippen molar-refractivity contribution in [2.75, 3.05) is 36.9 Å². The maximum atomic E-state index is 13.7. The lowest BCUT2D eigenvalue weighted by Crippen LogP contribution is -2.47. The minimum absolute atomic E-state index is 0.0156. The van der Waals surface area contributed by atoms with Gasteiger partial charge in [0, 0.05) is 61.7 Å². The van der Waals surface area contributed by atoms with E-state index >= 15 is 0 Å². The number of halogens is 2. The number of cyclic esters (lactones) is 1. The van der Waals surface area contributed by atoms with Crippen molar-refractivity contribution in [3.63, 3.8) is 0 Å². The molecule has 3 fully saturated rings. The summed E-state index contributed by atoms with van der Waals surface area (Å²) < 4.78 is 24.8. The normalized spacial score (nSPS) is 19.1. The molecule has 2 aliphatic heterocycles. The van der Waals surface area contributed by atoms with Gasteiger partial charge in [-0.15, -0.1) is 0 Å². The average Bonchev–Trinajstić information content (AvgIpc) is 3.76. The maximum Gasteiger partial charge on any atom is 0.306 e. The molecular weight excluding hydrogens is 603 g/mol. The third-order valence-corrected chi connectivity index (χ3v) is 8.38. The van der Waals surface area contributed by atoms with Crippen LogP contribution in [0.1, 0.15) is 38.5 Å². The Balaban J connectivity index is 1.08. The topological polar surface area (TPSA) is 135 Å². The number of fused-ring (bicyclic) bond motifs is 1. The standard InChI is InChI=1S/C32H34ClFN6O5/c33-23-14-21(5-6-24(23)34)37-31-22-15-26(28(44-17-19-3-4-19)16-25(22)35-18-36-31)39-29(41)2-1-11-40-12-9-20(10-13-40)38-32(43)27-7-8-30(42)45-27/h1-2,5-6,14-16,18-20,27H,3-4,7-13,17H2,(H,38,43)(H,39,41)(H,35,36,37)/b2-1+. The number of ether oxygens (including phenoxy) is 2. The van der Waals surface area contributed by atoms with Crippen LogP contribution in [0.5, 0.6) is 5.75 Å². The predicted octanol–water partition coefficient (Wildman–Crippen LogP) is 4.74. The van der Waals surface area contributed by atoms with Crippen molar-refractivity contribution in [3.05, 3.63) is 59.7 Å². The summed E-state index contributed by atoms with van der Waals surface area (Å²) in [6.07, 6.45) is 8.55. The molecule has 0 bridgehead atoms. The average molecular weight is 637 g/mol. The van der Waals surface area contributed by atoms with Gasteiger partial charge in [0.05, 0.1) is 22.8 Å². The van der Waals surface area contributed by atoms with E-state index in [4.69, 9.17) is 21.1 Å². The molecule has 2 aromatic carbocycles. The Morgan fingerprint density at radius 1 is 1.11 bits per heavy atom. The molecule has 0 spiro atoms. The summed E-state index contributed by atoms with van der Waals surface area (Å²) in [5.74, 6) is 0.107. The SMILES string of the molecule is O=C(/C=C/CN1CCC(NC(=O)C2CCC(=O)O2)CC1)Nc1cc2c(Nc3ccc(F)c(Cl)c3)ncnc2cc1OCC1CC1. The number of esters is 1. The Hall–Kier alpha value is -4.29. The van der Waals surface area contributed by atoms with Gasteiger partial charge in [-0.1, -0.05) is 17.7 Å². The number of carbonyl (C=O) groups excluding carboxylic acids is 3. The number of benzene rings is 2.